The predicted octanol–water partition coefficient (Wildman–Crippen LogP) is 2.44. The molecule has 1 N–H and O–H groups in total. The van der Waals surface area contributed by atoms with Gasteiger partial charge < -0.3 is 14.7 Å². The van der Waals surface area contributed by atoms with E-state index >= 15 is 0 Å². The average molecular weight is 297 g/mol. The molecule has 0 aromatic carbocycles. The van der Waals surface area contributed by atoms with Gasteiger partial charge in [-0.25, -0.2) is 0 Å². The Balaban J connectivity index is 2.08. The summed E-state index contributed by atoms with van der Waals surface area (Å²) in [6, 6.07) is 0.0999. The van der Waals surface area contributed by atoms with Crippen LogP contribution in [-0.2, 0) is 14.3 Å². The Morgan fingerprint density at radius 2 is 1.90 bits per heavy atom. The number of carboxylic acids is 1. The minimum atomic E-state index is -0.843. The molecule has 1 unspecified atom stereocenters. The Morgan fingerprint density at radius 1 is 1.24 bits per heavy atom. The standard InChI is InChI=1S/C16H27NO4/c1-2-13-12-21-10-9-17(13)14(18)11-16(15(19)20)7-5-3-4-6-8-16/h13H,2-12H2,1H3,(H,19,20). The Morgan fingerprint density at radius 3 is 2.48 bits per heavy atom. The molecule has 0 aromatic heterocycles. The van der Waals surface area contributed by atoms with Crippen molar-refractivity contribution in [3.63, 3.8) is 0 Å². The van der Waals surface area contributed by atoms with E-state index in [9.17, 15) is 14.7 Å². The van der Waals surface area contributed by atoms with E-state index in [0.29, 0.717) is 32.6 Å². The van der Waals surface area contributed by atoms with Crippen molar-refractivity contribution in [2.24, 2.45) is 5.41 Å². The van der Waals surface area contributed by atoms with E-state index in [-0.39, 0.29) is 18.4 Å². The van der Waals surface area contributed by atoms with Gasteiger partial charge in [0.2, 0.25) is 5.91 Å². The maximum absolute atomic E-state index is 12.7. The Bertz CT molecular complexity index is 374. The largest absolute Gasteiger partial charge is 0.481 e. The predicted molar refractivity (Wildman–Crippen MR) is 79.0 cm³/mol. The summed E-state index contributed by atoms with van der Waals surface area (Å²) in [5, 5.41) is 9.69. The zero-order valence-electron chi connectivity index (χ0n) is 13.0. The van der Waals surface area contributed by atoms with Crippen LogP contribution in [0.5, 0.6) is 0 Å². The van der Waals surface area contributed by atoms with Crippen molar-refractivity contribution >= 4 is 11.9 Å². The third-order valence-corrected chi connectivity index (χ3v) is 5.02. The van der Waals surface area contributed by atoms with Crippen molar-refractivity contribution in [1.82, 2.24) is 4.90 Å². The van der Waals surface area contributed by atoms with Crippen LogP contribution in [0.15, 0.2) is 0 Å². The van der Waals surface area contributed by atoms with Gasteiger partial charge in [0.05, 0.1) is 24.7 Å². The van der Waals surface area contributed by atoms with Crippen LogP contribution < -0.4 is 0 Å². The summed E-state index contributed by atoms with van der Waals surface area (Å²) in [4.78, 5) is 26.3. The minimum Gasteiger partial charge on any atom is -0.481 e. The van der Waals surface area contributed by atoms with Crippen LogP contribution in [0.1, 0.15) is 58.3 Å². The number of carbonyl (C=O) groups is 2. The van der Waals surface area contributed by atoms with E-state index in [4.69, 9.17) is 4.74 Å². The molecule has 0 aromatic rings. The second kappa shape index (κ2) is 7.25. The molecule has 1 saturated heterocycles. The first-order valence-corrected chi connectivity index (χ1v) is 8.20. The van der Waals surface area contributed by atoms with Gasteiger partial charge >= 0.3 is 5.97 Å². The number of rotatable bonds is 4. The molecular formula is C16H27NO4. The van der Waals surface area contributed by atoms with Gasteiger partial charge in [0.15, 0.2) is 0 Å². The fourth-order valence-electron chi connectivity index (χ4n) is 3.58. The first-order chi connectivity index (χ1) is 10.1. The highest BCUT2D eigenvalue weighted by molar-refractivity contribution is 5.85. The van der Waals surface area contributed by atoms with Crippen molar-refractivity contribution in [2.75, 3.05) is 19.8 Å². The number of ether oxygens (including phenoxy) is 1. The second-order valence-electron chi connectivity index (χ2n) is 6.40. The molecule has 5 nitrogen and oxygen atoms in total. The Kier molecular flexibility index (Phi) is 5.62. The zero-order valence-corrected chi connectivity index (χ0v) is 13.0. The highest BCUT2D eigenvalue weighted by Gasteiger charge is 2.42. The fourth-order valence-corrected chi connectivity index (χ4v) is 3.58. The third-order valence-electron chi connectivity index (χ3n) is 5.02. The summed E-state index contributed by atoms with van der Waals surface area (Å²) in [6.07, 6.45) is 6.27. The van der Waals surface area contributed by atoms with Gasteiger partial charge in [0.25, 0.3) is 0 Å². The lowest BCUT2D eigenvalue weighted by molar-refractivity contribution is -0.157. The lowest BCUT2D eigenvalue weighted by Gasteiger charge is -2.37. The molecule has 1 amide bonds. The summed E-state index contributed by atoms with van der Waals surface area (Å²) in [5.74, 6) is -0.798. The van der Waals surface area contributed by atoms with Gasteiger partial charge in [-0.1, -0.05) is 32.6 Å². The third kappa shape index (κ3) is 3.76. The first kappa shape index (κ1) is 16.3. The van der Waals surface area contributed by atoms with Crippen LogP contribution in [0.4, 0.5) is 0 Å². The molecule has 1 atom stereocenters. The van der Waals surface area contributed by atoms with E-state index in [1.54, 1.807) is 0 Å². The Labute approximate surface area is 126 Å². The maximum Gasteiger partial charge on any atom is 0.310 e. The SMILES string of the molecule is CCC1COCCN1C(=O)CC1(C(=O)O)CCCCCC1. The molecule has 21 heavy (non-hydrogen) atoms. The Hall–Kier alpha value is -1.10. The normalized spacial score (nSPS) is 26.1. The number of hydrogen-bond donors (Lipinski definition) is 1. The van der Waals surface area contributed by atoms with Crippen LogP contribution in [-0.4, -0.2) is 47.7 Å². The van der Waals surface area contributed by atoms with Gasteiger partial charge in [-0.05, 0) is 19.3 Å². The summed E-state index contributed by atoms with van der Waals surface area (Å²) < 4.78 is 5.43. The smallest absolute Gasteiger partial charge is 0.310 e. The molecule has 2 rings (SSSR count). The average Bonchev–Trinajstić information content (AvgIpc) is 2.73. The van der Waals surface area contributed by atoms with Crippen molar-refractivity contribution in [2.45, 2.75) is 64.3 Å². The zero-order chi connectivity index (χ0) is 15.3. The molecule has 1 saturated carbocycles. The van der Waals surface area contributed by atoms with Crippen molar-refractivity contribution in [3.8, 4) is 0 Å². The van der Waals surface area contributed by atoms with E-state index in [1.165, 1.54) is 0 Å². The molecule has 0 radical (unpaired) electrons. The van der Waals surface area contributed by atoms with Crippen LogP contribution in [0.25, 0.3) is 0 Å². The van der Waals surface area contributed by atoms with Gasteiger partial charge in [-0.2, -0.15) is 0 Å². The summed E-state index contributed by atoms with van der Waals surface area (Å²) in [7, 11) is 0. The highest BCUT2D eigenvalue weighted by Crippen LogP contribution is 2.39. The number of nitrogens with zero attached hydrogens (tertiary/aromatic N) is 1. The van der Waals surface area contributed by atoms with Gasteiger partial charge in [0, 0.05) is 13.0 Å². The molecule has 1 heterocycles. The monoisotopic (exact) mass is 297 g/mol. The van der Waals surface area contributed by atoms with E-state index < -0.39 is 11.4 Å². The summed E-state index contributed by atoms with van der Waals surface area (Å²) >= 11 is 0. The number of amides is 1. The first-order valence-electron chi connectivity index (χ1n) is 8.20. The van der Waals surface area contributed by atoms with Crippen molar-refractivity contribution in [3.05, 3.63) is 0 Å². The van der Waals surface area contributed by atoms with Crippen LogP contribution in [0, 0.1) is 5.41 Å². The molecule has 120 valence electrons. The summed E-state index contributed by atoms with van der Waals surface area (Å²) in [6.45, 7) is 3.76. The van der Waals surface area contributed by atoms with Crippen LogP contribution >= 0.6 is 0 Å². The number of carboxylic acid groups (broad SMARTS) is 1. The van der Waals surface area contributed by atoms with Crippen molar-refractivity contribution < 1.29 is 19.4 Å². The van der Waals surface area contributed by atoms with Gasteiger partial charge in [-0.3, -0.25) is 9.59 Å². The molecule has 2 aliphatic rings. The lowest BCUT2D eigenvalue weighted by Crippen LogP contribution is -2.50. The lowest BCUT2D eigenvalue weighted by atomic mass is 9.77. The number of aliphatic carboxylic acids is 1. The maximum atomic E-state index is 12.7. The number of hydrogen-bond acceptors (Lipinski definition) is 3. The molecular weight excluding hydrogens is 270 g/mol. The van der Waals surface area contributed by atoms with E-state index in [2.05, 4.69) is 0 Å². The van der Waals surface area contributed by atoms with Crippen LogP contribution in [0.2, 0.25) is 0 Å². The van der Waals surface area contributed by atoms with Crippen LogP contribution in [0.3, 0.4) is 0 Å². The van der Waals surface area contributed by atoms with Gasteiger partial charge in [0.1, 0.15) is 0 Å². The highest BCUT2D eigenvalue weighted by atomic mass is 16.5. The van der Waals surface area contributed by atoms with Crippen molar-refractivity contribution in [1.29, 1.82) is 0 Å². The second-order valence-corrected chi connectivity index (χ2v) is 6.40. The topological polar surface area (TPSA) is 66.8 Å². The molecule has 0 bridgehead atoms. The molecule has 1 aliphatic carbocycles. The van der Waals surface area contributed by atoms with E-state index in [1.807, 2.05) is 11.8 Å². The minimum absolute atomic E-state index is 0.00514. The molecule has 0 spiro atoms. The molecule has 2 fully saturated rings. The fraction of sp³-hybridized carbons (Fsp3) is 0.875. The number of morpholine rings is 1. The van der Waals surface area contributed by atoms with E-state index in [0.717, 1.165) is 32.1 Å². The molecule has 1 aliphatic heterocycles. The molecule has 5 heteroatoms. The number of carbonyl (C=O) groups excluding carboxylic acids is 1. The van der Waals surface area contributed by atoms with Gasteiger partial charge in [-0.15, -0.1) is 0 Å². The summed E-state index contributed by atoms with van der Waals surface area (Å²) in [5.41, 5.74) is -0.843. The quantitative estimate of drug-likeness (QED) is 0.809.